The summed E-state index contributed by atoms with van der Waals surface area (Å²) < 4.78 is 5.29. The predicted octanol–water partition coefficient (Wildman–Crippen LogP) is 2.18. The third kappa shape index (κ3) is 3.72. The molecule has 2 amide bonds. The van der Waals surface area contributed by atoms with Crippen LogP contribution in [0.15, 0.2) is 36.8 Å². The van der Waals surface area contributed by atoms with Crippen molar-refractivity contribution in [3.63, 3.8) is 0 Å². The lowest BCUT2D eigenvalue weighted by atomic mass is 10.1. The van der Waals surface area contributed by atoms with Crippen molar-refractivity contribution in [3.05, 3.63) is 53.2 Å². The number of Topliss-reactive ketones (excluding diaryl/α,β-unsaturated/α-hetero) is 1. The maximum atomic E-state index is 13.0. The fourth-order valence-electron chi connectivity index (χ4n) is 3.76. The Morgan fingerprint density at radius 3 is 2.71 bits per heavy atom. The molecule has 0 bridgehead atoms. The number of methoxy groups -OCH3 is 1. The number of fused-ring (bicyclic) bond motifs is 1. The average Bonchev–Trinajstić information content (AvgIpc) is 3.24. The molecule has 0 aliphatic carbocycles. The lowest BCUT2D eigenvalue weighted by Crippen LogP contribution is -2.56. The highest BCUT2D eigenvalue weighted by Gasteiger charge is 2.34. The zero-order chi connectivity index (χ0) is 22.1. The monoisotopic (exact) mass is 441 g/mol. The van der Waals surface area contributed by atoms with E-state index in [0.717, 1.165) is 0 Å². The van der Waals surface area contributed by atoms with Gasteiger partial charge in [-0.05, 0) is 19.1 Å². The first-order valence-corrected chi connectivity index (χ1v) is 10.0. The van der Waals surface area contributed by atoms with Crippen molar-refractivity contribution >= 4 is 40.1 Å². The van der Waals surface area contributed by atoms with E-state index in [2.05, 4.69) is 15.0 Å². The van der Waals surface area contributed by atoms with Crippen LogP contribution in [0.3, 0.4) is 0 Å². The number of hydrogen-bond acceptors (Lipinski definition) is 6. The summed E-state index contributed by atoms with van der Waals surface area (Å²) in [5.74, 6) is -1.18. The van der Waals surface area contributed by atoms with E-state index in [1.807, 2.05) is 6.92 Å². The molecule has 3 aromatic rings. The van der Waals surface area contributed by atoms with Gasteiger partial charge >= 0.3 is 0 Å². The summed E-state index contributed by atoms with van der Waals surface area (Å²) in [7, 11) is 1.45. The number of hydrogen-bond donors (Lipinski definition) is 1. The Hall–Kier alpha value is -3.46. The highest BCUT2D eigenvalue weighted by Crippen LogP contribution is 2.32. The minimum atomic E-state index is -0.677. The summed E-state index contributed by atoms with van der Waals surface area (Å²) in [6.07, 6.45) is 4.41. The number of nitrogens with one attached hydrogen (secondary N) is 1. The first-order valence-electron chi connectivity index (χ1n) is 9.67. The second-order valence-electron chi connectivity index (χ2n) is 7.21. The van der Waals surface area contributed by atoms with Crippen LogP contribution in [-0.2, 0) is 4.79 Å². The van der Waals surface area contributed by atoms with Gasteiger partial charge in [-0.25, -0.2) is 4.98 Å². The molecule has 31 heavy (non-hydrogen) atoms. The summed E-state index contributed by atoms with van der Waals surface area (Å²) in [5.41, 5.74) is 0.943. The van der Waals surface area contributed by atoms with Gasteiger partial charge in [0.25, 0.3) is 17.6 Å². The van der Waals surface area contributed by atoms with Crippen LogP contribution in [0.1, 0.15) is 27.8 Å². The van der Waals surface area contributed by atoms with E-state index in [-0.39, 0.29) is 35.8 Å². The minimum absolute atomic E-state index is 0.167. The number of aromatic amines is 1. The van der Waals surface area contributed by atoms with E-state index in [0.29, 0.717) is 28.9 Å². The molecular formula is C21H20ClN5O4. The SMILES string of the molecule is COc1cnc(Cl)c2[nH]cc(C(=O)C(=O)N3CCN(C(=O)c4ccccn4)[C@H](C)C3)c12. The number of pyridine rings is 2. The summed E-state index contributed by atoms with van der Waals surface area (Å²) in [6.45, 7) is 2.63. The van der Waals surface area contributed by atoms with E-state index < -0.39 is 11.7 Å². The van der Waals surface area contributed by atoms with Crippen LogP contribution in [0.2, 0.25) is 5.15 Å². The van der Waals surface area contributed by atoms with Crippen LogP contribution in [0.25, 0.3) is 10.9 Å². The molecule has 1 aliphatic rings. The fraction of sp³-hybridized carbons (Fsp3) is 0.286. The van der Waals surface area contributed by atoms with Crippen molar-refractivity contribution in [2.45, 2.75) is 13.0 Å². The van der Waals surface area contributed by atoms with E-state index in [9.17, 15) is 14.4 Å². The maximum absolute atomic E-state index is 13.0. The number of piperazine rings is 1. The molecule has 10 heteroatoms. The number of nitrogens with zero attached hydrogens (tertiary/aromatic N) is 4. The third-order valence-electron chi connectivity index (χ3n) is 5.35. The van der Waals surface area contributed by atoms with Crippen molar-refractivity contribution < 1.29 is 19.1 Å². The molecule has 0 saturated carbocycles. The first kappa shape index (κ1) is 20.8. The number of carbonyl (C=O) groups is 3. The number of carbonyl (C=O) groups excluding carboxylic acids is 3. The smallest absolute Gasteiger partial charge is 0.295 e. The number of ether oxygens (including phenoxy) is 1. The summed E-state index contributed by atoms with van der Waals surface area (Å²) in [6, 6.07) is 4.88. The quantitative estimate of drug-likeness (QED) is 0.377. The maximum Gasteiger partial charge on any atom is 0.295 e. The normalized spacial score (nSPS) is 16.4. The molecule has 0 radical (unpaired) electrons. The van der Waals surface area contributed by atoms with Crippen molar-refractivity contribution in [3.8, 4) is 5.75 Å². The molecule has 0 unspecified atom stereocenters. The van der Waals surface area contributed by atoms with E-state index in [1.54, 1.807) is 29.3 Å². The molecule has 160 valence electrons. The average molecular weight is 442 g/mol. The molecule has 1 N–H and O–H groups in total. The van der Waals surface area contributed by atoms with E-state index in [1.165, 1.54) is 24.4 Å². The van der Waals surface area contributed by atoms with Gasteiger partial charge in [-0.15, -0.1) is 0 Å². The number of rotatable bonds is 4. The number of aromatic nitrogens is 3. The van der Waals surface area contributed by atoms with Gasteiger partial charge in [0.15, 0.2) is 5.15 Å². The molecule has 0 aromatic carbocycles. The number of amides is 2. The highest BCUT2D eigenvalue weighted by atomic mass is 35.5. The summed E-state index contributed by atoms with van der Waals surface area (Å²) in [4.78, 5) is 52.8. The largest absolute Gasteiger partial charge is 0.494 e. The fourth-order valence-corrected chi connectivity index (χ4v) is 3.96. The Balaban J connectivity index is 1.52. The van der Waals surface area contributed by atoms with Crippen molar-refractivity contribution in [2.24, 2.45) is 0 Å². The molecular weight excluding hydrogens is 422 g/mol. The number of ketones is 1. The van der Waals surface area contributed by atoms with Crippen LogP contribution in [0, 0.1) is 0 Å². The van der Waals surface area contributed by atoms with Crippen LogP contribution < -0.4 is 4.74 Å². The molecule has 4 rings (SSSR count). The van der Waals surface area contributed by atoms with Crippen molar-refractivity contribution in [1.82, 2.24) is 24.8 Å². The van der Waals surface area contributed by atoms with Gasteiger partial charge in [-0.3, -0.25) is 19.4 Å². The molecule has 1 fully saturated rings. The minimum Gasteiger partial charge on any atom is -0.494 e. The van der Waals surface area contributed by atoms with Crippen molar-refractivity contribution in [2.75, 3.05) is 26.7 Å². The Morgan fingerprint density at radius 2 is 2.03 bits per heavy atom. The van der Waals surface area contributed by atoms with Gasteiger partial charge in [0.2, 0.25) is 0 Å². The van der Waals surface area contributed by atoms with Gasteiger partial charge < -0.3 is 19.5 Å². The molecule has 0 spiro atoms. The van der Waals surface area contributed by atoms with Gasteiger partial charge in [0.1, 0.15) is 11.4 Å². The molecule has 1 aliphatic heterocycles. The first-order chi connectivity index (χ1) is 14.9. The van der Waals surface area contributed by atoms with Crippen LogP contribution in [-0.4, -0.2) is 75.1 Å². The lowest BCUT2D eigenvalue weighted by molar-refractivity contribution is -0.128. The highest BCUT2D eigenvalue weighted by molar-refractivity contribution is 6.45. The molecule has 1 saturated heterocycles. The Morgan fingerprint density at radius 1 is 1.23 bits per heavy atom. The zero-order valence-corrected chi connectivity index (χ0v) is 17.7. The van der Waals surface area contributed by atoms with Gasteiger partial charge in [0.05, 0.1) is 29.8 Å². The Kier molecular flexibility index (Phi) is 5.60. The van der Waals surface area contributed by atoms with E-state index in [4.69, 9.17) is 16.3 Å². The summed E-state index contributed by atoms with van der Waals surface area (Å²) in [5, 5.41) is 0.593. The van der Waals surface area contributed by atoms with Gasteiger partial charge in [-0.2, -0.15) is 0 Å². The van der Waals surface area contributed by atoms with Gasteiger partial charge in [0, 0.05) is 38.1 Å². The summed E-state index contributed by atoms with van der Waals surface area (Å²) >= 11 is 6.10. The molecule has 9 nitrogen and oxygen atoms in total. The second kappa shape index (κ2) is 8.35. The van der Waals surface area contributed by atoms with E-state index >= 15 is 0 Å². The Labute approximate surface area is 183 Å². The van der Waals surface area contributed by atoms with Crippen molar-refractivity contribution in [1.29, 1.82) is 0 Å². The van der Waals surface area contributed by atoms with Gasteiger partial charge in [-0.1, -0.05) is 17.7 Å². The number of halogens is 1. The third-order valence-corrected chi connectivity index (χ3v) is 5.63. The molecule has 1 atom stereocenters. The standard InChI is InChI=1S/C21H20ClN5O4/c1-12-11-26(7-8-27(12)20(29)14-5-3-4-6-23-14)21(30)18(28)13-9-24-17-16(13)15(31-2)10-25-19(17)22/h3-6,9-10,12,24H,7-8,11H2,1-2H3/t12-/m1/s1. The topological polar surface area (TPSA) is 108 Å². The Bertz CT molecular complexity index is 1160. The van der Waals surface area contributed by atoms with Crippen LogP contribution >= 0.6 is 11.6 Å². The molecule has 4 heterocycles. The predicted molar refractivity (Wildman–Crippen MR) is 113 cm³/mol. The molecule has 3 aromatic heterocycles. The lowest BCUT2D eigenvalue weighted by Gasteiger charge is -2.39. The van der Waals surface area contributed by atoms with Crippen LogP contribution in [0.5, 0.6) is 5.75 Å². The van der Waals surface area contributed by atoms with Crippen LogP contribution in [0.4, 0.5) is 0 Å². The number of H-pyrrole nitrogens is 1. The second-order valence-corrected chi connectivity index (χ2v) is 7.57. The zero-order valence-electron chi connectivity index (χ0n) is 17.0.